The van der Waals surface area contributed by atoms with Crippen molar-refractivity contribution >= 4 is 0 Å². The number of nitrogens with two attached hydrogens (primary N) is 1. The van der Waals surface area contributed by atoms with E-state index in [-0.39, 0.29) is 0 Å². The van der Waals surface area contributed by atoms with Crippen molar-refractivity contribution in [3.63, 3.8) is 0 Å². The fourth-order valence-corrected chi connectivity index (χ4v) is 4.51. The highest BCUT2D eigenvalue weighted by Gasteiger charge is 2.50. The van der Waals surface area contributed by atoms with Gasteiger partial charge in [0, 0.05) is 31.7 Å². The van der Waals surface area contributed by atoms with Crippen LogP contribution in [0.2, 0.25) is 0 Å². The molecule has 2 saturated heterocycles. The molecule has 4 fully saturated rings. The molecule has 4 aliphatic rings. The molecule has 3 atom stereocenters. The second-order valence-electron chi connectivity index (χ2n) is 7.64. The van der Waals surface area contributed by atoms with E-state index in [1.54, 1.807) is 0 Å². The topological polar surface area (TPSA) is 32.5 Å². The summed E-state index contributed by atoms with van der Waals surface area (Å²) in [5, 5.41) is 0. The second-order valence-corrected chi connectivity index (χ2v) is 7.64. The Balaban J connectivity index is 1.55. The third-order valence-electron chi connectivity index (χ3n) is 6.23. The van der Waals surface area contributed by atoms with Gasteiger partial charge in [0.1, 0.15) is 0 Å². The number of nitrogens with zero attached hydrogens (tertiary/aromatic N) is 2. The molecule has 2 saturated carbocycles. The molecule has 2 aliphatic heterocycles. The van der Waals surface area contributed by atoms with Crippen molar-refractivity contribution in [2.24, 2.45) is 23.5 Å². The molecule has 2 aliphatic carbocycles. The maximum Gasteiger partial charge on any atom is 0.0384 e. The molecule has 0 aromatic heterocycles. The fraction of sp³-hybridized carbons (Fsp3) is 1.00. The van der Waals surface area contributed by atoms with Gasteiger partial charge in [0.05, 0.1) is 0 Å². The van der Waals surface area contributed by atoms with Crippen molar-refractivity contribution in [3.05, 3.63) is 0 Å². The lowest BCUT2D eigenvalue weighted by Crippen LogP contribution is -2.63. The number of piperidine rings is 1. The molecule has 108 valence electrons. The van der Waals surface area contributed by atoms with Crippen LogP contribution in [-0.2, 0) is 0 Å². The lowest BCUT2D eigenvalue weighted by Gasteiger charge is -2.50. The molecule has 3 heteroatoms. The van der Waals surface area contributed by atoms with Gasteiger partial charge in [-0.2, -0.15) is 0 Å². The van der Waals surface area contributed by atoms with Crippen molar-refractivity contribution in [3.8, 4) is 0 Å². The number of fused-ring (bicyclic) bond motifs is 2. The van der Waals surface area contributed by atoms with Gasteiger partial charge in [0.25, 0.3) is 0 Å². The lowest BCUT2D eigenvalue weighted by atomic mass is 9.77. The van der Waals surface area contributed by atoms with Crippen LogP contribution in [0.25, 0.3) is 0 Å². The maximum absolute atomic E-state index is 6.36. The minimum atomic E-state index is 0.359. The Labute approximate surface area is 117 Å². The zero-order valence-corrected chi connectivity index (χ0v) is 12.2. The highest BCUT2D eigenvalue weighted by atomic mass is 15.3. The first-order chi connectivity index (χ1) is 9.30. The SMILES string of the molecule is NCC1(N(CC2CC2)CC2CC2)CCN2CCC1C2. The second kappa shape index (κ2) is 4.71. The Morgan fingerprint density at radius 2 is 1.68 bits per heavy atom. The monoisotopic (exact) mass is 263 g/mol. The molecule has 2 bridgehead atoms. The predicted molar refractivity (Wildman–Crippen MR) is 78.0 cm³/mol. The van der Waals surface area contributed by atoms with Gasteiger partial charge in [-0.1, -0.05) is 0 Å². The molecular weight excluding hydrogens is 234 g/mol. The van der Waals surface area contributed by atoms with E-state index in [1.165, 1.54) is 71.2 Å². The van der Waals surface area contributed by atoms with E-state index in [0.29, 0.717) is 5.54 Å². The summed E-state index contributed by atoms with van der Waals surface area (Å²) in [6.45, 7) is 7.54. The van der Waals surface area contributed by atoms with Crippen molar-refractivity contribution in [2.45, 2.75) is 44.1 Å². The number of rotatable bonds is 6. The van der Waals surface area contributed by atoms with Gasteiger partial charge in [0.2, 0.25) is 0 Å². The first-order valence-electron chi connectivity index (χ1n) is 8.47. The maximum atomic E-state index is 6.36. The van der Waals surface area contributed by atoms with Gasteiger partial charge in [-0.25, -0.2) is 0 Å². The van der Waals surface area contributed by atoms with Crippen LogP contribution < -0.4 is 5.73 Å². The van der Waals surface area contributed by atoms with E-state index in [0.717, 1.165) is 24.3 Å². The molecule has 2 heterocycles. The molecule has 2 N–H and O–H groups in total. The molecule has 3 nitrogen and oxygen atoms in total. The largest absolute Gasteiger partial charge is 0.329 e. The smallest absolute Gasteiger partial charge is 0.0384 e. The molecule has 0 aromatic rings. The normalized spacial score (nSPS) is 42.0. The Hall–Kier alpha value is -0.120. The lowest BCUT2D eigenvalue weighted by molar-refractivity contribution is 0.00116. The Morgan fingerprint density at radius 3 is 2.26 bits per heavy atom. The van der Waals surface area contributed by atoms with Crippen LogP contribution in [0.15, 0.2) is 0 Å². The Kier molecular flexibility index (Phi) is 3.13. The predicted octanol–water partition coefficient (Wildman–Crippen LogP) is 1.53. The minimum Gasteiger partial charge on any atom is -0.329 e. The van der Waals surface area contributed by atoms with Crippen molar-refractivity contribution in [2.75, 3.05) is 39.3 Å². The van der Waals surface area contributed by atoms with E-state index >= 15 is 0 Å². The summed E-state index contributed by atoms with van der Waals surface area (Å²) in [4.78, 5) is 5.54. The van der Waals surface area contributed by atoms with Crippen molar-refractivity contribution in [1.29, 1.82) is 0 Å². The summed E-state index contributed by atoms with van der Waals surface area (Å²) in [6, 6.07) is 0. The number of hydrogen-bond donors (Lipinski definition) is 1. The molecular formula is C16H29N3. The van der Waals surface area contributed by atoms with Crippen LogP contribution in [0.3, 0.4) is 0 Å². The fourth-order valence-electron chi connectivity index (χ4n) is 4.51. The van der Waals surface area contributed by atoms with Crippen LogP contribution in [0.1, 0.15) is 38.5 Å². The summed E-state index contributed by atoms with van der Waals surface area (Å²) in [5.41, 5.74) is 6.72. The van der Waals surface area contributed by atoms with E-state index in [9.17, 15) is 0 Å². The van der Waals surface area contributed by atoms with Crippen LogP contribution in [0.4, 0.5) is 0 Å². The van der Waals surface area contributed by atoms with Gasteiger partial charge in [0.15, 0.2) is 0 Å². The van der Waals surface area contributed by atoms with Gasteiger partial charge in [-0.05, 0) is 69.4 Å². The van der Waals surface area contributed by atoms with Crippen molar-refractivity contribution in [1.82, 2.24) is 9.80 Å². The van der Waals surface area contributed by atoms with E-state index in [2.05, 4.69) is 9.80 Å². The Morgan fingerprint density at radius 1 is 1.00 bits per heavy atom. The van der Waals surface area contributed by atoms with Crippen LogP contribution in [-0.4, -0.2) is 54.6 Å². The van der Waals surface area contributed by atoms with Crippen molar-refractivity contribution < 1.29 is 0 Å². The van der Waals surface area contributed by atoms with Gasteiger partial charge in [-0.15, -0.1) is 0 Å². The molecule has 0 spiro atoms. The third kappa shape index (κ3) is 2.34. The molecule has 0 aromatic carbocycles. The average molecular weight is 263 g/mol. The summed E-state index contributed by atoms with van der Waals surface area (Å²) >= 11 is 0. The zero-order chi connectivity index (χ0) is 12.9. The molecule has 19 heavy (non-hydrogen) atoms. The van der Waals surface area contributed by atoms with E-state index in [4.69, 9.17) is 5.73 Å². The third-order valence-corrected chi connectivity index (χ3v) is 6.23. The van der Waals surface area contributed by atoms with Crippen LogP contribution in [0.5, 0.6) is 0 Å². The summed E-state index contributed by atoms with van der Waals surface area (Å²) in [5.74, 6) is 2.85. The van der Waals surface area contributed by atoms with Crippen LogP contribution >= 0.6 is 0 Å². The minimum absolute atomic E-state index is 0.359. The molecule has 4 rings (SSSR count). The standard InChI is InChI=1S/C16H29N3/c17-12-16(6-8-18-7-5-15(16)11-18)19(9-13-1-2-13)10-14-3-4-14/h13-15H,1-12,17H2. The van der Waals surface area contributed by atoms with E-state index in [1.807, 2.05) is 0 Å². The quantitative estimate of drug-likeness (QED) is 0.789. The highest BCUT2D eigenvalue weighted by molar-refractivity contribution is 5.06. The van der Waals surface area contributed by atoms with Crippen LogP contribution in [0, 0.1) is 17.8 Å². The van der Waals surface area contributed by atoms with E-state index < -0.39 is 0 Å². The summed E-state index contributed by atoms with van der Waals surface area (Å²) in [6.07, 6.45) is 8.60. The number of hydrogen-bond acceptors (Lipinski definition) is 3. The Bertz CT molecular complexity index is 323. The van der Waals surface area contributed by atoms with Gasteiger partial charge < -0.3 is 10.6 Å². The van der Waals surface area contributed by atoms with Gasteiger partial charge >= 0.3 is 0 Å². The summed E-state index contributed by atoms with van der Waals surface area (Å²) in [7, 11) is 0. The summed E-state index contributed by atoms with van der Waals surface area (Å²) < 4.78 is 0. The molecule has 3 unspecified atom stereocenters. The average Bonchev–Trinajstić information content (AvgIpc) is 3.34. The zero-order valence-electron chi connectivity index (χ0n) is 12.2. The molecule has 0 radical (unpaired) electrons. The highest BCUT2D eigenvalue weighted by Crippen LogP contribution is 2.44. The first kappa shape index (κ1) is 12.6. The molecule has 0 amide bonds. The first-order valence-corrected chi connectivity index (χ1v) is 8.47. The van der Waals surface area contributed by atoms with Gasteiger partial charge in [-0.3, -0.25) is 4.90 Å².